The lowest BCUT2D eigenvalue weighted by atomic mass is 10.1. The van der Waals surface area contributed by atoms with Gasteiger partial charge in [-0.3, -0.25) is 4.79 Å². The highest BCUT2D eigenvalue weighted by atomic mass is 16.5. The van der Waals surface area contributed by atoms with Crippen LogP contribution in [0.15, 0.2) is 6.20 Å². The number of hydrogen-bond acceptors (Lipinski definition) is 4. The minimum absolute atomic E-state index is 0.349. The van der Waals surface area contributed by atoms with Crippen molar-refractivity contribution in [1.82, 2.24) is 9.97 Å². The van der Waals surface area contributed by atoms with Crippen LogP contribution in [-0.2, 0) is 11.2 Å². The van der Waals surface area contributed by atoms with Crippen LogP contribution >= 0.6 is 0 Å². The van der Waals surface area contributed by atoms with E-state index in [1.807, 2.05) is 0 Å². The Hall–Kier alpha value is -1.65. The van der Waals surface area contributed by atoms with Gasteiger partial charge in [0.25, 0.3) is 0 Å². The Morgan fingerprint density at radius 2 is 2.33 bits per heavy atom. The number of carboxylic acids is 1. The van der Waals surface area contributed by atoms with Gasteiger partial charge in [0.1, 0.15) is 5.82 Å². The number of aliphatic carboxylic acids is 1. The summed E-state index contributed by atoms with van der Waals surface area (Å²) in [5.74, 6) is -0.168. The zero-order valence-corrected chi connectivity index (χ0v) is 9.02. The predicted molar refractivity (Wildman–Crippen MR) is 53.8 cm³/mol. The minimum Gasteiger partial charge on any atom is -0.493 e. The molecule has 15 heavy (non-hydrogen) atoms. The second-order valence-corrected chi connectivity index (χ2v) is 3.38. The highest BCUT2D eigenvalue weighted by Gasteiger charge is 2.16. The van der Waals surface area contributed by atoms with Gasteiger partial charge in [0.05, 0.1) is 24.9 Å². The molecule has 82 valence electrons. The molecule has 5 heteroatoms. The molecule has 0 spiro atoms. The second kappa shape index (κ2) is 4.72. The van der Waals surface area contributed by atoms with Gasteiger partial charge in [0.2, 0.25) is 0 Å². The van der Waals surface area contributed by atoms with E-state index in [9.17, 15) is 4.79 Å². The van der Waals surface area contributed by atoms with E-state index in [1.165, 1.54) is 7.11 Å². The number of nitrogens with zero attached hydrogens (tertiary/aromatic N) is 2. The van der Waals surface area contributed by atoms with Gasteiger partial charge in [-0.15, -0.1) is 0 Å². The minimum atomic E-state index is -0.840. The van der Waals surface area contributed by atoms with Crippen LogP contribution in [0.25, 0.3) is 0 Å². The van der Waals surface area contributed by atoms with Crippen LogP contribution in [0, 0.1) is 12.8 Å². The van der Waals surface area contributed by atoms with E-state index >= 15 is 0 Å². The molecule has 0 radical (unpaired) electrons. The van der Waals surface area contributed by atoms with Crippen molar-refractivity contribution in [2.75, 3.05) is 7.11 Å². The summed E-state index contributed by atoms with van der Waals surface area (Å²) in [7, 11) is 1.52. The summed E-state index contributed by atoms with van der Waals surface area (Å²) < 4.78 is 5.06. The number of ether oxygens (including phenoxy) is 1. The maximum atomic E-state index is 10.7. The smallest absolute Gasteiger partial charge is 0.306 e. The molecule has 0 aliphatic carbocycles. The molecule has 1 heterocycles. The third kappa shape index (κ3) is 2.90. The number of aromatic nitrogens is 2. The SMILES string of the molecule is COc1cnc(C)nc1CC(C)C(=O)O. The largest absolute Gasteiger partial charge is 0.493 e. The number of rotatable bonds is 4. The number of hydrogen-bond donors (Lipinski definition) is 1. The average molecular weight is 210 g/mol. The zero-order valence-electron chi connectivity index (χ0n) is 9.02. The van der Waals surface area contributed by atoms with Crippen molar-refractivity contribution in [3.8, 4) is 5.75 Å². The molecule has 0 bridgehead atoms. The van der Waals surface area contributed by atoms with Crippen molar-refractivity contribution in [2.24, 2.45) is 5.92 Å². The Bertz CT molecular complexity index is 366. The lowest BCUT2D eigenvalue weighted by molar-refractivity contribution is -0.141. The monoisotopic (exact) mass is 210 g/mol. The molecule has 1 rings (SSSR count). The molecular formula is C10H14N2O3. The van der Waals surface area contributed by atoms with E-state index in [2.05, 4.69) is 9.97 Å². The summed E-state index contributed by atoms with van der Waals surface area (Å²) in [6, 6.07) is 0. The Balaban J connectivity index is 2.91. The fraction of sp³-hybridized carbons (Fsp3) is 0.500. The van der Waals surface area contributed by atoms with Crippen LogP contribution in [0.4, 0.5) is 0 Å². The van der Waals surface area contributed by atoms with Crippen molar-refractivity contribution in [1.29, 1.82) is 0 Å². The Morgan fingerprint density at radius 1 is 1.67 bits per heavy atom. The van der Waals surface area contributed by atoms with Crippen LogP contribution in [-0.4, -0.2) is 28.2 Å². The summed E-state index contributed by atoms with van der Waals surface area (Å²) in [5, 5.41) is 8.79. The van der Waals surface area contributed by atoms with Crippen LogP contribution in [0.1, 0.15) is 18.4 Å². The van der Waals surface area contributed by atoms with Crippen LogP contribution < -0.4 is 4.74 Å². The van der Waals surface area contributed by atoms with E-state index in [-0.39, 0.29) is 0 Å². The predicted octanol–water partition coefficient (Wildman–Crippen LogP) is 1.06. The molecule has 1 aromatic heterocycles. The fourth-order valence-corrected chi connectivity index (χ4v) is 1.20. The van der Waals surface area contributed by atoms with Gasteiger partial charge in [-0.2, -0.15) is 0 Å². The normalized spacial score (nSPS) is 12.2. The number of aryl methyl sites for hydroxylation is 1. The summed E-state index contributed by atoms with van der Waals surface area (Å²) >= 11 is 0. The van der Waals surface area contributed by atoms with Gasteiger partial charge in [0, 0.05) is 6.42 Å². The van der Waals surface area contributed by atoms with Crippen molar-refractivity contribution >= 4 is 5.97 Å². The first-order valence-electron chi connectivity index (χ1n) is 4.64. The van der Waals surface area contributed by atoms with E-state index < -0.39 is 11.9 Å². The Kier molecular flexibility index (Phi) is 3.60. The average Bonchev–Trinajstić information content (AvgIpc) is 2.18. The standard InChI is InChI=1S/C10H14N2O3/c1-6(10(13)14)4-8-9(15-3)5-11-7(2)12-8/h5-6H,4H2,1-3H3,(H,13,14). The maximum Gasteiger partial charge on any atom is 0.306 e. The van der Waals surface area contributed by atoms with Crippen molar-refractivity contribution in [2.45, 2.75) is 20.3 Å². The third-order valence-electron chi connectivity index (χ3n) is 2.09. The first-order valence-corrected chi connectivity index (χ1v) is 4.64. The zero-order chi connectivity index (χ0) is 11.4. The molecule has 0 aliphatic rings. The molecule has 1 atom stereocenters. The number of carbonyl (C=O) groups is 1. The third-order valence-corrected chi connectivity index (χ3v) is 2.09. The molecule has 0 saturated carbocycles. The molecule has 1 N–H and O–H groups in total. The molecule has 0 aliphatic heterocycles. The Morgan fingerprint density at radius 3 is 2.87 bits per heavy atom. The van der Waals surface area contributed by atoms with E-state index in [0.29, 0.717) is 23.7 Å². The lowest BCUT2D eigenvalue weighted by Crippen LogP contribution is -2.14. The first kappa shape index (κ1) is 11.4. The highest BCUT2D eigenvalue weighted by molar-refractivity contribution is 5.69. The summed E-state index contributed by atoms with van der Waals surface area (Å²) in [5.41, 5.74) is 0.639. The van der Waals surface area contributed by atoms with Crippen molar-refractivity contribution in [3.63, 3.8) is 0 Å². The van der Waals surface area contributed by atoms with Crippen LogP contribution in [0.5, 0.6) is 5.75 Å². The van der Waals surface area contributed by atoms with Gasteiger partial charge in [-0.05, 0) is 6.92 Å². The molecule has 0 saturated heterocycles. The van der Waals surface area contributed by atoms with Gasteiger partial charge in [0.15, 0.2) is 5.75 Å². The van der Waals surface area contributed by atoms with Crippen molar-refractivity contribution in [3.05, 3.63) is 17.7 Å². The van der Waals surface area contributed by atoms with Crippen LogP contribution in [0.2, 0.25) is 0 Å². The second-order valence-electron chi connectivity index (χ2n) is 3.38. The molecule has 0 fully saturated rings. The molecular weight excluding hydrogens is 196 g/mol. The van der Waals surface area contributed by atoms with Gasteiger partial charge < -0.3 is 9.84 Å². The summed E-state index contributed by atoms with van der Waals surface area (Å²) in [6.07, 6.45) is 1.91. The van der Waals surface area contributed by atoms with Gasteiger partial charge in [-0.1, -0.05) is 6.92 Å². The topological polar surface area (TPSA) is 72.3 Å². The maximum absolute atomic E-state index is 10.7. The van der Waals surface area contributed by atoms with E-state index in [1.54, 1.807) is 20.0 Å². The molecule has 0 amide bonds. The first-order chi connectivity index (χ1) is 7.04. The van der Waals surface area contributed by atoms with Crippen LogP contribution in [0.3, 0.4) is 0 Å². The molecule has 0 aromatic carbocycles. The molecule has 5 nitrogen and oxygen atoms in total. The van der Waals surface area contributed by atoms with Gasteiger partial charge >= 0.3 is 5.97 Å². The summed E-state index contributed by atoms with van der Waals surface area (Å²) in [6.45, 7) is 3.40. The quantitative estimate of drug-likeness (QED) is 0.804. The Labute approximate surface area is 88.1 Å². The van der Waals surface area contributed by atoms with E-state index in [4.69, 9.17) is 9.84 Å². The van der Waals surface area contributed by atoms with E-state index in [0.717, 1.165) is 0 Å². The van der Waals surface area contributed by atoms with Gasteiger partial charge in [-0.25, -0.2) is 9.97 Å². The number of methoxy groups -OCH3 is 1. The molecule has 1 unspecified atom stereocenters. The van der Waals surface area contributed by atoms with Crippen molar-refractivity contribution < 1.29 is 14.6 Å². The lowest BCUT2D eigenvalue weighted by Gasteiger charge is -2.09. The fourth-order valence-electron chi connectivity index (χ4n) is 1.20. The number of carboxylic acid groups (broad SMARTS) is 1. The highest BCUT2D eigenvalue weighted by Crippen LogP contribution is 2.18. The summed E-state index contributed by atoms with van der Waals surface area (Å²) in [4.78, 5) is 18.9. The molecule has 1 aromatic rings.